The Bertz CT molecular complexity index is 449. The van der Waals surface area contributed by atoms with E-state index in [0.29, 0.717) is 12.0 Å². The maximum Gasteiger partial charge on any atom is 0.123 e. The van der Waals surface area contributed by atoms with Crippen molar-refractivity contribution in [3.8, 4) is 0 Å². The fourth-order valence-electron chi connectivity index (χ4n) is 3.33. The first-order chi connectivity index (χ1) is 11.1. The quantitative estimate of drug-likeness (QED) is 0.716. The zero-order chi connectivity index (χ0) is 16.7. The standard InChI is InChI=1S/C19H31FN2O/c1-4-23-13-12-21-10-5-11-22(19(15-21)16(2)3)14-17-6-8-18(20)9-7-17/h6-9,16,19H,4-5,10-15H2,1-3H3/t19-/m1/s1. The second kappa shape index (κ2) is 9.36. The first-order valence-electron chi connectivity index (χ1n) is 8.88. The van der Waals surface area contributed by atoms with Crippen LogP contribution < -0.4 is 0 Å². The smallest absolute Gasteiger partial charge is 0.123 e. The Kier molecular flexibility index (Phi) is 7.47. The lowest BCUT2D eigenvalue weighted by Crippen LogP contribution is -2.44. The molecular formula is C19H31FN2O. The molecule has 0 unspecified atom stereocenters. The van der Waals surface area contributed by atoms with Crippen molar-refractivity contribution in [2.75, 3.05) is 39.4 Å². The fraction of sp³-hybridized carbons (Fsp3) is 0.684. The molecule has 3 nitrogen and oxygen atoms in total. The summed E-state index contributed by atoms with van der Waals surface area (Å²) in [4.78, 5) is 5.10. The largest absolute Gasteiger partial charge is 0.380 e. The highest BCUT2D eigenvalue weighted by Gasteiger charge is 2.27. The molecule has 0 aliphatic carbocycles. The third-order valence-electron chi connectivity index (χ3n) is 4.66. The first kappa shape index (κ1) is 18.4. The number of halogens is 1. The van der Waals surface area contributed by atoms with Gasteiger partial charge in [0.15, 0.2) is 0 Å². The first-order valence-corrected chi connectivity index (χ1v) is 8.88. The van der Waals surface area contributed by atoms with Gasteiger partial charge in [0.05, 0.1) is 6.61 Å². The molecule has 1 aliphatic rings. The fourth-order valence-corrected chi connectivity index (χ4v) is 3.33. The lowest BCUT2D eigenvalue weighted by Gasteiger charge is -2.34. The van der Waals surface area contributed by atoms with E-state index < -0.39 is 0 Å². The van der Waals surface area contributed by atoms with Gasteiger partial charge in [-0.15, -0.1) is 0 Å². The van der Waals surface area contributed by atoms with Crippen LogP contribution in [0.4, 0.5) is 4.39 Å². The molecule has 23 heavy (non-hydrogen) atoms. The summed E-state index contributed by atoms with van der Waals surface area (Å²) in [7, 11) is 0. The van der Waals surface area contributed by atoms with Gasteiger partial charge in [0.1, 0.15) is 5.82 Å². The maximum absolute atomic E-state index is 13.1. The van der Waals surface area contributed by atoms with Gasteiger partial charge in [-0.1, -0.05) is 26.0 Å². The number of hydrogen-bond acceptors (Lipinski definition) is 3. The van der Waals surface area contributed by atoms with Crippen LogP contribution in [0, 0.1) is 11.7 Å². The Hall–Kier alpha value is -0.970. The predicted molar refractivity (Wildman–Crippen MR) is 93.0 cm³/mol. The average molecular weight is 322 g/mol. The van der Waals surface area contributed by atoms with Crippen LogP contribution in [0.1, 0.15) is 32.8 Å². The second-order valence-corrected chi connectivity index (χ2v) is 6.76. The van der Waals surface area contributed by atoms with Gasteiger partial charge in [0, 0.05) is 38.8 Å². The van der Waals surface area contributed by atoms with Crippen LogP contribution in [0.3, 0.4) is 0 Å². The highest BCUT2D eigenvalue weighted by Crippen LogP contribution is 2.20. The summed E-state index contributed by atoms with van der Waals surface area (Å²) in [5.74, 6) is 0.440. The Balaban J connectivity index is 1.99. The number of hydrogen-bond donors (Lipinski definition) is 0. The van der Waals surface area contributed by atoms with Crippen molar-refractivity contribution in [2.45, 2.75) is 39.8 Å². The molecule has 0 bridgehead atoms. The molecular weight excluding hydrogens is 291 g/mol. The molecule has 0 aromatic heterocycles. The number of nitrogens with zero attached hydrogens (tertiary/aromatic N) is 2. The zero-order valence-electron chi connectivity index (χ0n) is 14.8. The van der Waals surface area contributed by atoms with E-state index >= 15 is 0 Å². The highest BCUT2D eigenvalue weighted by atomic mass is 19.1. The van der Waals surface area contributed by atoms with Gasteiger partial charge in [-0.25, -0.2) is 4.39 Å². The van der Waals surface area contributed by atoms with Crippen molar-refractivity contribution in [2.24, 2.45) is 5.92 Å². The van der Waals surface area contributed by atoms with Gasteiger partial charge in [-0.3, -0.25) is 9.80 Å². The summed E-state index contributed by atoms with van der Waals surface area (Å²) in [5.41, 5.74) is 1.19. The highest BCUT2D eigenvalue weighted by molar-refractivity contribution is 5.16. The van der Waals surface area contributed by atoms with Crippen LogP contribution in [0.25, 0.3) is 0 Å². The number of ether oxygens (including phenoxy) is 1. The molecule has 130 valence electrons. The zero-order valence-corrected chi connectivity index (χ0v) is 14.8. The molecule has 1 saturated heterocycles. The van der Waals surface area contributed by atoms with Gasteiger partial charge >= 0.3 is 0 Å². The summed E-state index contributed by atoms with van der Waals surface area (Å²) < 4.78 is 18.6. The third-order valence-corrected chi connectivity index (χ3v) is 4.66. The van der Waals surface area contributed by atoms with Crippen molar-refractivity contribution in [1.82, 2.24) is 9.80 Å². The van der Waals surface area contributed by atoms with Crippen LogP contribution in [-0.4, -0.2) is 55.2 Å². The van der Waals surface area contributed by atoms with E-state index in [1.165, 1.54) is 12.0 Å². The molecule has 1 fully saturated rings. The summed E-state index contributed by atoms with van der Waals surface area (Å²) >= 11 is 0. The normalized spacial score (nSPS) is 20.8. The third kappa shape index (κ3) is 5.87. The Labute approximate surface area is 140 Å². The van der Waals surface area contributed by atoms with Crippen LogP contribution in [-0.2, 0) is 11.3 Å². The molecule has 4 heteroatoms. The molecule has 1 atom stereocenters. The van der Waals surface area contributed by atoms with Crippen LogP contribution in [0.2, 0.25) is 0 Å². The molecule has 0 saturated carbocycles. The van der Waals surface area contributed by atoms with Crippen LogP contribution >= 0.6 is 0 Å². The minimum Gasteiger partial charge on any atom is -0.380 e. The van der Waals surface area contributed by atoms with Gasteiger partial charge < -0.3 is 4.74 Å². The lowest BCUT2D eigenvalue weighted by molar-refractivity contribution is 0.0946. The number of benzene rings is 1. The molecule has 1 aliphatic heterocycles. The Morgan fingerprint density at radius 1 is 1.22 bits per heavy atom. The lowest BCUT2D eigenvalue weighted by atomic mass is 10.0. The SMILES string of the molecule is CCOCCN1CCCN(Cc2ccc(F)cc2)[C@@H](C(C)C)C1. The average Bonchev–Trinajstić information content (AvgIpc) is 2.72. The van der Waals surface area contributed by atoms with E-state index in [4.69, 9.17) is 4.74 Å². The van der Waals surface area contributed by atoms with Crippen molar-refractivity contribution in [3.05, 3.63) is 35.6 Å². The Morgan fingerprint density at radius 2 is 1.96 bits per heavy atom. The van der Waals surface area contributed by atoms with Crippen molar-refractivity contribution in [1.29, 1.82) is 0 Å². The maximum atomic E-state index is 13.1. The molecule has 0 N–H and O–H groups in total. The summed E-state index contributed by atoms with van der Waals surface area (Å²) in [6.07, 6.45) is 1.18. The Morgan fingerprint density at radius 3 is 2.61 bits per heavy atom. The molecule has 1 aromatic rings. The van der Waals surface area contributed by atoms with Crippen molar-refractivity contribution >= 4 is 0 Å². The minimum absolute atomic E-state index is 0.160. The van der Waals surface area contributed by atoms with E-state index in [1.54, 1.807) is 12.1 Å². The van der Waals surface area contributed by atoms with E-state index in [2.05, 4.69) is 23.6 Å². The monoisotopic (exact) mass is 322 g/mol. The van der Waals surface area contributed by atoms with E-state index in [-0.39, 0.29) is 5.82 Å². The van der Waals surface area contributed by atoms with Crippen LogP contribution in [0.5, 0.6) is 0 Å². The van der Waals surface area contributed by atoms with Gasteiger partial charge in [0.25, 0.3) is 0 Å². The topological polar surface area (TPSA) is 15.7 Å². The molecule has 1 aromatic carbocycles. The summed E-state index contributed by atoms with van der Waals surface area (Å²) in [6, 6.07) is 7.47. The molecule has 0 spiro atoms. The van der Waals surface area contributed by atoms with E-state index in [1.807, 2.05) is 19.1 Å². The minimum atomic E-state index is -0.160. The molecule has 1 heterocycles. The molecule has 0 amide bonds. The summed E-state index contributed by atoms with van der Waals surface area (Å²) in [5, 5.41) is 0. The van der Waals surface area contributed by atoms with Gasteiger partial charge in [-0.05, 0) is 43.5 Å². The van der Waals surface area contributed by atoms with Gasteiger partial charge in [0.2, 0.25) is 0 Å². The number of rotatable bonds is 7. The van der Waals surface area contributed by atoms with E-state index in [9.17, 15) is 4.39 Å². The molecule has 2 rings (SSSR count). The van der Waals surface area contributed by atoms with Gasteiger partial charge in [-0.2, -0.15) is 0 Å². The molecule has 0 radical (unpaired) electrons. The predicted octanol–water partition coefficient (Wildman–Crippen LogP) is 3.39. The van der Waals surface area contributed by atoms with Crippen LogP contribution in [0.15, 0.2) is 24.3 Å². The summed E-state index contributed by atoms with van der Waals surface area (Å²) in [6.45, 7) is 13.5. The second-order valence-electron chi connectivity index (χ2n) is 6.76. The van der Waals surface area contributed by atoms with E-state index in [0.717, 1.165) is 45.9 Å². The van der Waals surface area contributed by atoms with Crippen molar-refractivity contribution in [3.63, 3.8) is 0 Å². The van der Waals surface area contributed by atoms with Crippen molar-refractivity contribution < 1.29 is 9.13 Å².